The minimum Gasteiger partial charge on any atom is -0.463 e. The Labute approximate surface area is 119 Å². The Hall–Kier alpha value is -0.313. The maximum absolute atomic E-state index is 12.4. The van der Waals surface area contributed by atoms with Crippen LogP contribution in [-0.2, 0) is 9.53 Å². The van der Waals surface area contributed by atoms with Crippen molar-refractivity contribution in [3.63, 3.8) is 0 Å². The molecule has 2 fully saturated rings. The van der Waals surface area contributed by atoms with Gasteiger partial charge in [0.05, 0.1) is 12.0 Å². The summed E-state index contributed by atoms with van der Waals surface area (Å²) in [7, 11) is -1.14. The summed E-state index contributed by atoms with van der Waals surface area (Å²) >= 11 is 0. The molecule has 2 bridgehead atoms. The molecule has 0 heterocycles. The van der Waals surface area contributed by atoms with Gasteiger partial charge in [0.1, 0.15) is 0 Å². The molecule has 0 N–H and O–H groups in total. The molecule has 0 radical (unpaired) electrons. The Kier molecular flexibility index (Phi) is 4.15. The van der Waals surface area contributed by atoms with E-state index in [0.717, 1.165) is 24.3 Å². The Morgan fingerprint density at radius 1 is 1.21 bits per heavy atom. The molecule has 0 aromatic heterocycles. The summed E-state index contributed by atoms with van der Waals surface area (Å²) in [5, 5.41) is 0. The van der Waals surface area contributed by atoms with Gasteiger partial charge in [-0.3, -0.25) is 4.79 Å². The molecule has 0 spiro atoms. The third-order valence-corrected chi connectivity index (χ3v) is 7.22. The average molecular weight is 282 g/mol. The van der Waals surface area contributed by atoms with E-state index in [1.807, 2.05) is 0 Å². The minimum absolute atomic E-state index is 0.0944. The first kappa shape index (κ1) is 15.1. The number of hydrogen-bond donors (Lipinski definition) is 0. The lowest BCUT2D eigenvalue weighted by atomic mass is 9.76. The van der Waals surface area contributed by atoms with Crippen LogP contribution >= 0.6 is 0 Å². The predicted molar refractivity (Wildman–Crippen MR) is 81.7 cm³/mol. The molecule has 6 atom stereocenters. The van der Waals surface area contributed by atoms with Crippen LogP contribution in [0.5, 0.6) is 0 Å². The lowest BCUT2D eigenvalue weighted by Crippen LogP contribution is -2.34. The molecule has 19 heavy (non-hydrogen) atoms. The van der Waals surface area contributed by atoms with E-state index in [1.54, 1.807) is 0 Å². The number of fused-ring (bicyclic) bond motifs is 2. The van der Waals surface area contributed by atoms with Gasteiger partial charge in [0.2, 0.25) is 0 Å². The van der Waals surface area contributed by atoms with E-state index in [1.165, 1.54) is 6.42 Å². The van der Waals surface area contributed by atoms with E-state index in [-0.39, 0.29) is 18.0 Å². The second-order valence-corrected chi connectivity index (χ2v) is 13.8. The van der Waals surface area contributed by atoms with Crippen LogP contribution < -0.4 is 0 Å². The number of hydrogen-bond acceptors (Lipinski definition) is 2. The summed E-state index contributed by atoms with van der Waals surface area (Å²) in [5.41, 5.74) is 0. The van der Waals surface area contributed by atoms with Gasteiger partial charge in [-0.1, -0.05) is 33.5 Å². The molecule has 0 aromatic carbocycles. The summed E-state index contributed by atoms with van der Waals surface area (Å²) in [6.07, 6.45) is 2.44. The fraction of sp³-hybridized carbons (Fsp3) is 0.938. The average Bonchev–Trinajstić information content (AvgIpc) is 2.77. The number of esters is 1. The van der Waals surface area contributed by atoms with Gasteiger partial charge < -0.3 is 4.74 Å². The zero-order chi connectivity index (χ0) is 14.4. The largest absolute Gasteiger partial charge is 0.463 e. The van der Waals surface area contributed by atoms with Gasteiger partial charge in [-0.15, -0.1) is 0 Å². The highest BCUT2D eigenvalue weighted by Crippen LogP contribution is 2.55. The van der Waals surface area contributed by atoms with Crippen molar-refractivity contribution >= 4 is 14.0 Å². The highest BCUT2D eigenvalue weighted by Gasteiger charge is 2.51. The van der Waals surface area contributed by atoms with Crippen molar-refractivity contribution in [2.24, 2.45) is 29.6 Å². The van der Waals surface area contributed by atoms with Gasteiger partial charge in [-0.05, 0) is 49.5 Å². The summed E-state index contributed by atoms with van der Waals surface area (Å²) in [4.78, 5) is 12.4. The first-order chi connectivity index (χ1) is 8.69. The number of carbonyl (C=O) groups excluding carboxylic acids is 1. The lowest BCUT2D eigenvalue weighted by molar-refractivity contribution is -0.155. The Bertz CT molecular complexity index is 345. The van der Waals surface area contributed by atoms with E-state index >= 15 is 0 Å². The van der Waals surface area contributed by atoms with E-state index in [9.17, 15) is 4.79 Å². The second kappa shape index (κ2) is 5.23. The third-order valence-electron chi connectivity index (χ3n) is 5.42. The van der Waals surface area contributed by atoms with Crippen LogP contribution in [0.3, 0.4) is 0 Å². The van der Waals surface area contributed by atoms with Crippen molar-refractivity contribution in [3.05, 3.63) is 0 Å². The van der Waals surface area contributed by atoms with Crippen LogP contribution in [0.4, 0.5) is 0 Å². The molecule has 0 aliphatic heterocycles. The molecule has 0 saturated heterocycles. The van der Waals surface area contributed by atoms with Crippen molar-refractivity contribution in [1.29, 1.82) is 0 Å². The first-order valence-corrected chi connectivity index (χ1v) is 11.6. The van der Waals surface area contributed by atoms with Crippen molar-refractivity contribution in [1.82, 2.24) is 0 Å². The maximum atomic E-state index is 12.4. The topological polar surface area (TPSA) is 26.3 Å². The molecule has 0 aromatic rings. The molecule has 2 rings (SSSR count). The van der Waals surface area contributed by atoms with E-state index < -0.39 is 8.07 Å². The van der Waals surface area contributed by atoms with E-state index in [0.29, 0.717) is 11.8 Å². The number of rotatable bonds is 4. The van der Waals surface area contributed by atoms with Gasteiger partial charge in [0, 0.05) is 8.07 Å². The minimum atomic E-state index is -1.14. The standard InChI is InChI=1S/C16H30O2Si/c1-10(9-19(4,5)6)18-16(17)15-8-13-7-14(15)12(3)11(13)2/h10-15H,7-9H2,1-6H3. The molecular weight excluding hydrogens is 252 g/mol. The molecular formula is C16H30O2Si. The zero-order valence-corrected chi connectivity index (χ0v) is 14.4. The SMILES string of the molecule is CC(C[Si](C)(C)C)OC(=O)C1CC2CC1C(C)C2C. The number of ether oxygens (including phenoxy) is 1. The zero-order valence-electron chi connectivity index (χ0n) is 13.4. The van der Waals surface area contributed by atoms with Gasteiger partial charge in [0.25, 0.3) is 0 Å². The van der Waals surface area contributed by atoms with Gasteiger partial charge in [-0.25, -0.2) is 0 Å². The predicted octanol–water partition coefficient (Wildman–Crippen LogP) is 4.18. The van der Waals surface area contributed by atoms with Crippen LogP contribution in [0, 0.1) is 29.6 Å². The van der Waals surface area contributed by atoms with Crippen LogP contribution in [0.25, 0.3) is 0 Å². The summed E-state index contributed by atoms with van der Waals surface area (Å²) in [6, 6.07) is 1.07. The smallest absolute Gasteiger partial charge is 0.309 e. The summed E-state index contributed by atoms with van der Waals surface area (Å²) in [6.45, 7) is 13.7. The van der Waals surface area contributed by atoms with Crippen LogP contribution in [0.2, 0.25) is 25.7 Å². The maximum Gasteiger partial charge on any atom is 0.309 e. The second-order valence-electron chi connectivity index (χ2n) is 8.23. The third kappa shape index (κ3) is 3.23. The monoisotopic (exact) mass is 282 g/mol. The van der Waals surface area contributed by atoms with Crippen LogP contribution in [-0.4, -0.2) is 20.1 Å². The number of carbonyl (C=O) groups is 1. The van der Waals surface area contributed by atoms with Crippen LogP contribution in [0.1, 0.15) is 33.6 Å². The molecule has 2 aliphatic rings. The Balaban J connectivity index is 1.89. The van der Waals surface area contributed by atoms with Crippen LogP contribution in [0.15, 0.2) is 0 Å². The fourth-order valence-corrected chi connectivity index (χ4v) is 6.21. The molecule has 6 unspecified atom stereocenters. The lowest BCUT2D eigenvalue weighted by Gasteiger charge is -2.31. The molecule has 2 aliphatic carbocycles. The molecule has 110 valence electrons. The van der Waals surface area contributed by atoms with Crippen molar-refractivity contribution in [2.45, 2.75) is 65.4 Å². The van der Waals surface area contributed by atoms with Crippen molar-refractivity contribution in [3.8, 4) is 0 Å². The molecule has 0 amide bonds. The van der Waals surface area contributed by atoms with E-state index in [4.69, 9.17) is 4.74 Å². The highest BCUT2D eigenvalue weighted by atomic mass is 28.3. The quantitative estimate of drug-likeness (QED) is 0.571. The normalized spacial score (nSPS) is 39.4. The van der Waals surface area contributed by atoms with Gasteiger partial charge >= 0.3 is 5.97 Å². The van der Waals surface area contributed by atoms with Gasteiger partial charge in [-0.2, -0.15) is 0 Å². The molecule has 2 saturated carbocycles. The van der Waals surface area contributed by atoms with Crippen molar-refractivity contribution < 1.29 is 9.53 Å². The van der Waals surface area contributed by atoms with E-state index in [2.05, 4.69) is 40.4 Å². The molecule has 2 nitrogen and oxygen atoms in total. The summed E-state index contributed by atoms with van der Waals surface area (Å²) < 4.78 is 5.74. The van der Waals surface area contributed by atoms with Crippen molar-refractivity contribution in [2.75, 3.05) is 0 Å². The molecule has 3 heteroatoms. The highest BCUT2D eigenvalue weighted by molar-refractivity contribution is 6.76. The first-order valence-electron chi connectivity index (χ1n) is 7.89. The fourth-order valence-electron chi connectivity index (χ4n) is 4.40. The Morgan fingerprint density at radius 2 is 1.84 bits per heavy atom. The summed E-state index contributed by atoms with van der Waals surface area (Å²) in [5.74, 6) is 3.14. The Morgan fingerprint density at radius 3 is 2.32 bits per heavy atom. The van der Waals surface area contributed by atoms with Gasteiger partial charge in [0.15, 0.2) is 0 Å².